The molecule has 0 fully saturated rings. The summed E-state index contributed by atoms with van der Waals surface area (Å²) in [5.74, 6) is 0.179. The Labute approximate surface area is 150 Å². The van der Waals surface area contributed by atoms with Crippen LogP contribution < -0.4 is 15.4 Å². The first kappa shape index (κ1) is 17.1. The summed E-state index contributed by atoms with van der Waals surface area (Å²) >= 11 is 6.00. The van der Waals surface area contributed by atoms with E-state index in [1.54, 1.807) is 43.3 Å². The van der Waals surface area contributed by atoms with Crippen molar-refractivity contribution in [3.63, 3.8) is 0 Å². The second-order valence-corrected chi connectivity index (χ2v) is 6.09. The van der Waals surface area contributed by atoms with Crippen LogP contribution in [0.15, 0.2) is 42.5 Å². The molecule has 1 aliphatic rings. The predicted molar refractivity (Wildman–Crippen MR) is 95.9 cm³/mol. The van der Waals surface area contributed by atoms with Gasteiger partial charge in [0.25, 0.3) is 11.8 Å². The van der Waals surface area contributed by atoms with Crippen molar-refractivity contribution in [1.29, 1.82) is 0 Å². The molecule has 2 N–H and O–H groups in total. The van der Waals surface area contributed by atoms with Crippen molar-refractivity contribution >= 4 is 29.1 Å². The van der Waals surface area contributed by atoms with Crippen LogP contribution in [0, 0.1) is 0 Å². The highest BCUT2D eigenvalue weighted by atomic mass is 35.5. The van der Waals surface area contributed by atoms with E-state index in [0.29, 0.717) is 22.0 Å². The van der Waals surface area contributed by atoms with Crippen molar-refractivity contribution in [2.75, 3.05) is 26.0 Å². The van der Waals surface area contributed by atoms with E-state index >= 15 is 0 Å². The number of para-hydroxylation sites is 1. The molecule has 2 amide bonds. The van der Waals surface area contributed by atoms with E-state index in [2.05, 4.69) is 10.6 Å². The summed E-state index contributed by atoms with van der Waals surface area (Å²) in [5, 5.41) is 6.35. The lowest BCUT2D eigenvalue weighted by Gasteiger charge is -2.36. The molecule has 0 radical (unpaired) electrons. The van der Waals surface area contributed by atoms with Gasteiger partial charge < -0.3 is 20.3 Å². The first-order valence-electron chi connectivity index (χ1n) is 7.77. The topological polar surface area (TPSA) is 70.7 Å². The lowest BCUT2D eigenvalue weighted by molar-refractivity contribution is -0.122. The Balaban J connectivity index is 1.93. The Kier molecular flexibility index (Phi) is 4.81. The number of hydrogen-bond donors (Lipinski definition) is 2. The number of carbonyl (C=O) groups excluding carboxylic acids is 2. The number of benzene rings is 2. The van der Waals surface area contributed by atoms with Crippen LogP contribution in [0.1, 0.15) is 22.1 Å². The van der Waals surface area contributed by atoms with Crippen LogP contribution in [0.5, 0.6) is 5.75 Å². The van der Waals surface area contributed by atoms with E-state index in [0.717, 1.165) is 5.56 Å². The highest BCUT2D eigenvalue weighted by Crippen LogP contribution is 2.36. The number of ether oxygens (including phenoxy) is 1. The second-order valence-electron chi connectivity index (χ2n) is 5.65. The molecule has 2 aromatic carbocycles. The summed E-state index contributed by atoms with van der Waals surface area (Å²) in [6, 6.07) is 12.5. The normalized spacial score (nSPS) is 16.0. The van der Waals surface area contributed by atoms with Crippen LogP contribution in [0.3, 0.4) is 0 Å². The minimum atomic E-state index is -0.415. The molecule has 3 rings (SSSR count). The number of anilines is 1. The Morgan fingerprint density at radius 3 is 2.84 bits per heavy atom. The van der Waals surface area contributed by atoms with Crippen molar-refractivity contribution in [3.05, 3.63) is 58.6 Å². The van der Waals surface area contributed by atoms with Crippen molar-refractivity contribution < 1.29 is 14.3 Å². The van der Waals surface area contributed by atoms with Gasteiger partial charge in [-0.1, -0.05) is 29.8 Å². The highest BCUT2D eigenvalue weighted by molar-refractivity contribution is 6.31. The quantitative estimate of drug-likeness (QED) is 0.880. The smallest absolute Gasteiger partial charge is 0.257 e. The number of halogens is 1. The molecule has 0 spiro atoms. The fourth-order valence-electron chi connectivity index (χ4n) is 2.71. The molecule has 0 bridgehead atoms. The number of nitrogens with one attached hydrogen (secondary N) is 2. The molecule has 2 aromatic rings. The third-order valence-corrected chi connectivity index (χ3v) is 4.30. The van der Waals surface area contributed by atoms with Gasteiger partial charge in [0.05, 0.1) is 5.56 Å². The monoisotopic (exact) mass is 359 g/mol. The molecule has 0 saturated carbocycles. The molecule has 0 unspecified atom stereocenters. The van der Waals surface area contributed by atoms with Crippen LogP contribution in [0.25, 0.3) is 0 Å². The van der Waals surface area contributed by atoms with Gasteiger partial charge in [0.15, 0.2) is 6.61 Å². The number of likely N-dealkylation sites (N-methyl/N-ethyl adjacent to an activating group) is 1. The predicted octanol–water partition coefficient (Wildman–Crippen LogP) is 2.66. The first-order chi connectivity index (χ1) is 12.0. The Hall–Kier alpha value is -2.73. The first-order valence-corrected chi connectivity index (χ1v) is 8.14. The van der Waals surface area contributed by atoms with E-state index in [9.17, 15) is 9.59 Å². The summed E-state index contributed by atoms with van der Waals surface area (Å²) in [6.45, 7) is -0.0932. The summed E-state index contributed by atoms with van der Waals surface area (Å²) in [6.07, 6.45) is -0.415. The van der Waals surface area contributed by atoms with Crippen molar-refractivity contribution in [3.8, 4) is 5.75 Å². The number of amides is 2. The third kappa shape index (κ3) is 3.39. The van der Waals surface area contributed by atoms with Crippen LogP contribution in [0.4, 0.5) is 5.69 Å². The molecule has 1 aliphatic heterocycles. The van der Waals surface area contributed by atoms with Crippen LogP contribution in [-0.2, 0) is 4.79 Å². The van der Waals surface area contributed by atoms with E-state index in [-0.39, 0.29) is 18.4 Å². The van der Waals surface area contributed by atoms with Gasteiger partial charge >= 0.3 is 0 Å². The molecular formula is C18H18ClN3O3. The molecular weight excluding hydrogens is 342 g/mol. The van der Waals surface area contributed by atoms with Gasteiger partial charge in [-0.05, 0) is 24.3 Å². The zero-order valence-electron chi connectivity index (χ0n) is 13.9. The number of fused-ring (bicyclic) bond motifs is 1. The Morgan fingerprint density at radius 2 is 2.08 bits per heavy atom. The molecule has 1 atom stereocenters. The van der Waals surface area contributed by atoms with Crippen LogP contribution in [-0.4, -0.2) is 37.4 Å². The van der Waals surface area contributed by atoms with Crippen LogP contribution >= 0.6 is 11.6 Å². The number of nitrogens with zero attached hydrogens (tertiary/aromatic N) is 1. The number of carbonyl (C=O) groups is 2. The zero-order chi connectivity index (χ0) is 18.0. The summed E-state index contributed by atoms with van der Waals surface area (Å²) in [7, 11) is 3.26. The molecule has 6 nitrogen and oxygen atoms in total. The zero-order valence-corrected chi connectivity index (χ0v) is 14.6. The minimum Gasteiger partial charge on any atom is -0.483 e. The van der Waals surface area contributed by atoms with E-state index in [1.807, 2.05) is 18.2 Å². The molecule has 1 heterocycles. The Bertz CT molecular complexity index is 825. The summed E-state index contributed by atoms with van der Waals surface area (Å²) in [5.41, 5.74) is 2.00. The van der Waals surface area contributed by atoms with E-state index in [1.165, 1.54) is 0 Å². The maximum atomic E-state index is 12.7. The number of hydrogen-bond acceptors (Lipinski definition) is 4. The van der Waals surface area contributed by atoms with Gasteiger partial charge in [0, 0.05) is 30.4 Å². The van der Waals surface area contributed by atoms with Crippen molar-refractivity contribution in [2.45, 2.75) is 6.17 Å². The van der Waals surface area contributed by atoms with Crippen LogP contribution in [0.2, 0.25) is 5.02 Å². The molecule has 0 saturated heterocycles. The number of rotatable bonds is 4. The average Bonchev–Trinajstić information content (AvgIpc) is 2.63. The summed E-state index contributed by atoms with van der Waals surface area (Å²) < 4.78 is 5.62. The van der Waals surface area contributed by atoms with Gasteiger partial charge in [-0.3, -0.25) is 9.59 Å². The SMILES string of the molecule is CNC(=O)COc1ccccc1[C@@H]1Nc2ccc(Cl)cc2C(=O)N1C. The average molecular weight is 360 g/mol. The molecule has 7 heteroatoms. The Morgan fingerprint density at radius 1 is 1.32 bits per heavy atom. The van der Waals surface area contributed by atoms with Crippen molar-refractivity contribution in [1.82, 2.24) is 10.2 Å². The highest BCUT2D eigenvalue weighted by Gasteiger charge is 2.32. The standard InChI is InChI=1S/C18H18ClN3O3/c1-20-16(23)10-25-15-6-4-3-5-12(15)17-21-14-8-7-11(19)9-13(14)18(24)22(17)2/h3-9,17,21H,10H2,1-2H3,(H,20,23)/t17-/m1/s1. The molecule has 0 aromatic heterocycles. The van der Waals surface area contributed by atoms with E-state index in [4.69, 9.17) is 16.3 Å². The lowest BCUT2D eigenvalue weighted by Crippen LogP contribution is -2.40. The fourth-order valence-corrected chi connectivity index (χ4v) is 2.88. The summed E-state index contributed by atoms with van der Waals surface area (Å²) in [4.78, 5) is 25.7. The minimum absolute atomic E-state index is 0.0932. The van der Waals surface area contributed by atoms with Crippen molar-refractivity contribution in [2.24, 2.45) is 0 Å². The van der Waals surface area contributed by atoms with Gasteiger partial charge in [-0.25, -0.2) is 0 Å². The second kappa shape index (κ2) is 7.03. The lowest BCUT2D eigenvalue weighted by atomic mass is 10.0. The molecule has 0 aliphatic carbocycles. The maximum absolute atomic E-state index is 12.7. The van der Waals surface area contributed by atoms with Gasteiger partial charge in [-0.2, -0.15) is 0 Å². The third-order valence-electron chi connectivity index (χ3n) is 4.06. The maximum Gasteiger partial charge on any atom is 0.257 e. The van der Waals surface area contributed by atoms with E-state index < -0.39 is 6.17 Å². The molecule has 130 valence electrons. The van der Waals surface area contributed by atoms with Gasteiger partial charge in [0.1, 0.15) is 11.9 Å². The largest absolute Gasteiger partial charge is 0.483 e. The van der Waals surface area contributed by atoms with Gasteiger partial charge in [0.2, 0.25) is 0 Å². The molecule has 25 heavy (non-hydrogen) atoms. The van der Waals surface area contributed by atoms with Gasteiger partial charge in [-0.15, -0.1) is 0 Å². The fraction of sp³-hybridized carbons (Fsp3) is 0.222.